The fraction of sp³-hybridized carbons (Fsp3) is 0.263. The molecule has 0 aliphatic heterocycles. The lowest BCUT2D eigenvalue weighted by Crippen LogP contribution is -2.33. The van der Waals surface area contributed by atoms with Crippen molar-refractivity contribution in [1.29, 1.82) is 0 Å². The summed E-state index contributed by atoms with van der Waals surface area (Å²) in [6.45, 7) is 4.74. The van der Waals surface area contributed by atoms with E-state index in [1.165, 1.54) is 0 Å². The predicted molar refractivity (Wildman–Crippen MR) is 97.0 cm³/mol. The first-order valence-electron chi connectivity index (χ1n) is 7.87. The maximum atomic E-state index is 12.4. The molecule has 0 aliphatic rings. The SMILES string of the molecule is CCN(Cc1ccccc1Cl)C(=O)CC(=O)Nc1cccc(C)c1. The van der Waals surface area contributed by atoms with Gasteiger partial charge in [0.15, 0.2) is 0 Å². The van der Waals surface area contributed by atoms with Crippen LogP contribution < -0.4 is 5.32 Å². The van der Waals surface area contributed by atoms with Crippen molar-refractivity contribution in [3.8, 4) is 0 Å². The fourth-order valence-electron chi connectivity index (χ4n) is 2.39. The number of nitrogens with one attached hydrogen (secondary N) is 1. The van der Waals surface area contributed by atoms with Gasteiger partial charge in [0.2, 0.25) is 11.8 Å². The average Bonchev–Trinajstić information content (AvgIpc) is 2.53. The summed E-state index contributed by atoms with van der Waals surface area (Å²) in [5.41, 5.74) is 2.61. The van der Waals surface area contributed by atoms with E-state index in [2.05, 4.69) is 5.32 Å². The third-order valence-corrected chi connectivity index (χ3v) is 4.04. The number of amides is 2. The zero-order valence-electron chi connectivity index (χ0n) is 13.9. The Bertz CT molecular complexity index is 731. The van der Waals surface area contributed by atoms with Gasteiger partial charge in [-0.05, 0) is 43.2 Å². The Balaban J connectivity index is 1.96. The molecule has 0 saturated heterocycles. The number of benzene rings is 2. The van der Waals surface area contributed by atoms with Gasteiger partial charge in [-0.25, -0.2) is 0 Å². The van der Waals surface area contributed by atoms with Crippen LogP contribution in [0, 0.1) is 6.92 Å². The number of anilines is 1. The Hall–Kier alpha value is -2.33. The Kier molecular flexibility index (Phi) is 6.38. The van der Waals surface area contributed by atoms with E-state index < -0.39 is 0 Å². The lowest BCUT2D eigenvalue weighted by atomic mass is 10.2. The normalized spacial score (nSPS) is 10.3. The standard InChI is InChI=1S/C19H21ClN2O2/c1-3-22(13-15-8-4-5-10-17(15)20)19(24)12-18(23)21-16-9-6-7-14(2)11-16/h4-11H,3,12-13H2,1-2H3,(H,21,23). The topological polar surface area (TPSA) is 49.4 Å². The average molecular weight is 345 g/mol. The van der Waals surface area contributed by atoms with Gasteiger partial charge in [-0.1, -0.05) is 41.9 Å². The minimum absolute atomic E-state index is 0.188. The van der Waals surface area contributed by atoms with Crippen molar-refractivity contribution < 1.29 is 9.59 Å². The molecular formula is C19H21ClN2O2. The molecule has 0 unspecified atom stereocenters. The molecule has 0 aromatic heterocycles. The van der Waals surface area contributed by atoms with E-state index in [1.807, 2.05) is 50.2 Å². The molecule has 0 radical (unpaired) electrons. The van der Waals surface area contributed by atoms with Gasteiger partial charge in [0, 0.05) is 23.8 Å². The summed E-state index contributed by atoms with van der Waals surface area (Å²) < 4.78 is 0. The van der Waals surface area contributed by atoms with Crippen molar-refractivity contribution in [1.82, 2.24) is 4.90 Å². The summed E-state index contributed by atoms with van der Waals surface area (Å²) in [7, 11) is 0. The van der Waals surface area contributed by atoms with Crippen LogP contribution in [0.2, 0.25) is 5.02 Å². The molecule has 0 fully saturated rings. The molecule has 1 N–H and O–H groups in total. The third kappa shape index (κ3) is 5.10. The second kappa shape index (κ2) is 8.50. The highest BCUT2D eigenvalue weighted by molar-refractivity contribution is 6.31. The summed E-state index contributed by atoms with van der Waals surface area (Å²) in [5, 5.41) is 3.37. The van der Waals surface area contributed by atoms with Crippen molar-refractivity contribution in [2.24, 2.45) is 0 Å². The number of rotatable bonds is 6. The minimum atomic E-state index is -0.316. The quantitative estimate of drug-likeness (QED) is 0.804. The van der Waals surface area contributed by atoms with Crippen LogP contribution in [0.3, 0.4) is 0 Å². The molecule has 0 atom stereocenters. The highest BCUT2D eigenvalue weighted by Crippen LogP contribution is 2.17. The Morgan fingerprint density at radius 2 is 1.88 bits per heavy atom. The highest BCUT2D eigenvalue weighted by atomic mass is 35.5. The molecule has 0 aliphatic carbocycles. The van der Waals surface area contributed by atoms with Gasteiger partial charge in [-0.15, -0.1) is 0 Å². The molecule has 4 nitrogen and oxygen atoms in total. The van der Waals surface area contributed by atoms with E-state index in [9.17, 15) is 9.59 Å². The molecular weight excluding hydrogens is 324 g/mol. The van der Waals surface area contributed by atoms with Crippen LogP contribution in [-0.4, -0.2) is 23.3 Å². The number of carbonyl (C=O) groups is 2. The van der Waals surface area contributed by atoms with Gasteiger partial charge in [0.05, 0.1) is 0 Å². The molecule has 2 aromatic rings. The summed E-state index contributed by atoms with van der Waals surface area (Å²) in [4.78, 5) is 26.1. The maximum Gasteiger partial charge on any atom is 0.233 e. The van der Waals surface area contributed by atoms with Gasteiger partial charge >= 0.3 is 0 Å². The molecule has 2 amide bonds. The summed E-state index contributed by atoms with van der Waals surface area (Å²) in [5.74, 6) is -0.536. The van der Waals surface area contributed by atoms with E-state index in [-0.39, 0.29) is 18.2 Å². The maximum absolute atomic E-state index is 12.4. The second-order valence-electron chi connectivity index (χ2n) is 5.59. The molecule has 0 heterocycles. The number of hydrogen-bond donors (Lipinski definition) is 1. The Labute approximate surface area is 147 Å². The molecule has 126 valence electrons. The third-order valence-electron chi connectivity index (χ3n) is 3.67. The summed E-state index contributed by atoms with van der Waals surface area (Å²) in [6, 6.07) is 14.9. The van der Waals surface area contributed by atoms with Crippen LogP contribution in [0.5, 0.6) is 0 Å². The van der Waals surface area contributed by atoms with Crippen LogP contribution in [0.15, 0.2) is 48.5 Å². The smallest absolute Gasteiger partial charge is 0.233 e. The number of nitrogens with zero attached hydrogens (tertiary/aromatic N) is 1. The summed E-state index contributed by atoms with van der Waals surface area (Å²) in [6.07, 6.45) is -0.188. The molecule has 2 rings (SSSR count). The zero-order chi connectivity index (χ0) is 17.5. The first-order valence-corrected chi connectivity index (χ1v) is 8.25. The van der Waals surface area contributed by atoms with Crippen LogP contribution in [0.25, 0.3) is 0 Å². The van der Waals surface area contributed by atoms with Crippen molar-refractivity contribution in [3.05, 3.63) is 64.7 Å². The van der Waals surface area contributed by atoms with Crippen LogP contribution >= 0.6 is 11.6 Å². The molecule has 24 heavy (non-hydrogen) atoms. The predicted octanol–water partition coefficient (Wildman–Crippen LogP) is 4.03. The van der Waals surface area contributed by atoms with Gasteiger partial charge in [-0.3, -0.25) is 9.59 Å². The van der Waals surface area contributed by atoms with Crippen LogP contribution in [0.1, 0.15) is 24.5 Å². The van der Waals surface area contributed by atoms with Gasteiger partial charge in [0.1, 0.15) is 6.42 Å². The number of halogens is 1. The van der Waals surface area contributed by atoms with Crippen molar-refractivity contribution in [2.45, 2.75) is 26.8 Å². The lowest BCUT2D eigenvalue weighted by Gasteiger charge is -2.21. The van der Waals surface area contributed by atoms with Crippen molar-refractivity contribution >= 4 is 29.1 Å². The largest absolute Gasteiger partial charge is 0.338 e. The number of aryl methyl sites for hydroxylation is 1. The van der Waals surface area contributed by atoms with Crippen molar-refractivity contribution in [3.63, 3.8) is 0 Å². The monoisotopic (exact) mass is 344 g/mol. The highest BCUT2D eigenvalue weighted by Gasteiger charge is 2.17. The molecule has 2 aromatic carbocycles. The van der Waals surface area contributed by atoms with Crippen LogP contribution in [-0.2, 0) is 16.1 Å². The van der Waals surface area contributed by atoms with Crippen molar-refractivity contribution in [2.75, 3.05) is 11.9 Å². The number of carbonyl (C=O) groups excluding carboxylic acids is 2. The van der Waals surface area contributed by atoms with Crippen LogP contribution in [0.4, 0.5) is 5.69 Å². The lowest BCUT2D eigenvalue weighted by molar-refractivity contribution is -0.134. The Morgan fingerprint density at radius 3 is 2.54 bits per heavy atom. The fourth-order valence-corrected chi connectivity index (χ4v) is 2.58. The van der Waals surface area contributed by atoms with Gasteiger partial charge in [-0.2, -0.15) is 0 Å². The molecule has 0 bridgehead atoms. The first-order chi connectivity index (χ1) is 11.5. The van der Waals surface area contributed by atoms with E-state index in [0.717, 1.165) is 11.1 Å². The van der Waals surface area contributed by atoms with Gasteiger partial charge in [0.25, 0.3) is 0 Å². The molecule has 0 saturated carbocycles. The zero-order valence-corrected chi connectivity index (χ0v) is 14.6. The molecule has 0 spiro atoms. The minimum Gasteiger partial charge on any atom is -0.338 e. The van der Waals surface area contributed by atoms with E-state index in [0.29, 0.717) is 23.8 Å². The van der Waals surface area contributed by atoms with E-state index in [4.69, 9.17) is 11.6 Å². The van der Waals surface area contributed by atoms with E-state index in [1.54, 1.807) is 17.0 Å². The molecule has 5 heteroatoms. The number of hydrogen-bond acceptors (Lipinski definition) is 2. The second-order valence-corrected chi connectivity index (χ2v) is 6.00. The van der Waals surface area contributed by atoms with Gasteiger partial charge < -0.3 is 10.2 Å². The first kappa shape index (κ1) is 18.0. The Morgan fingerprint density at radius 1 is 1.12 bits per heavy atom. The summed E-state index contributed by atoms with van der Waals surface area (Å²) >= 11 is 6.14. The van der Waals surface area contributed by atoms with E-state index >= 15 is 0 Å².